The number of ether oxygens (including phenoxy) is 1. The second-order valence-corrected chi connectivity index (χ2v) is 8.33. The van der Waals surface area contributed by atoms with Gasteiger partial charge in [-0.2, -0.15) is 4.31 Å². The van der Waals surface area contributed by atoms with Crippen LogP contribution in [0.2, 0.25) is 0 Å². The Bertz CT molecular complexity index is 807. The van der Waals surface area contributed by atoms with Crippen molar-refractivity contribution in [3.63, 3.8) is 0 Å². The molecule has 3 rings (SSSR count). The Labute approximate surface area is 150 Å². The minimum Gasteiger partial charge on any atom is -0.455 e. The van der Waals surface area contributed by atoms with Crippen LogP contribution >= 0.6 is 15.9 Å². The first-order valence-electron chi connectivity index (χ1n) is 7.53. The topological polar surface area (TPSA) is 62.7 Å². The van der Waals surface area contributed by atoms with Crippen LogP contribution in [-0.4, -0.2) is 55.8 Å². The highest BCUT2D eigenvalue weighted by molar-refractivity contribution is 9.10. The van der Waals surface area contributed by atoms with Gasteiger partial charge in [0, 0.05) is 32.4 Å². The van der Waals surface area contributed by atoms with Crippen molar-refractivity contribution in [2.45, 2.75) is 4.90 Å². The van der Waals surface area contributed by atoms with Crippen LogP contribution in [0, 0.1) is 0 Å². The number of para-hydroxylation sites is 1. The van der Waals surface area contributed by atoms with Crippen molar-refractivity contribution in [2.75, 3.05) is 33.2 Å². The number of aromatic nitrogens is 1. The van der Waals surface area contributed by atoms with Gasteiger partial charge in [0.25, 0.3) is 0 Å². The number of hydrogen-bond acceptors (Lipinski definition) is 5. The Morgan fingerprint density at radius 1 is 1.08 bits per heavy atom. The molecule has 2 heterocycles. The average molecular weight is 412 g/mol. The normalized spacial score (nSPS) is 16.9. The molecule has 0 unspecified atom stereocenters. The van der Waals surface area contributed by atoms with Crippen molar-refractivity contribution in [3.8, 4) is 11.5 Å². The SMILES string of the molecule is CN1CCN(S(=O)(=O)c2cncc(Br)c2Oc2ccccc2)CC1. The van der Waals surface area contributed by atoms with Gasteiger partial charge in [-0.05, 0) is 35.1 Å². The Kier molecular flexibility index (Phi) is 5.19. The predicted molar refractivity (Wildman–Crippen MR) is 94.7 cm³/mol. The minimum atomic E-state index is -3.67. The highest BCUT2D eigenvalue weighted by Gasteiger charge is 2.31. The Morgan fingerprint density at radius 2 is 1.75 bits per heavy atom. The molecule has 0 N–H and O–H groups in total. The van der Waals surface area contributed by atoms with E-state index in [2.05, 4.69) is 25.8 Å². The smallest absolute Gasteiger partial charge is 0.248 e. The number of rotatable bonds is 4. The third-order valence-corrected chi connectivity index (χ3v) is 6.32. The van der Waals surface area contributed by atoms with Gasteiger partial charge in [0.2, 0.25) is 10.0 Å². The summed E-state index contributed by atoms with van der Waals surface area (Å²) in [7, 11) is -1.69. The van der Waals surface area contributed by atoms with E-state index in [0.29, 0.717) is 36.4 Å². The fourth-order valence-corrected chi connectivity index (χ4v) is 4.51. The number of hydrogen-bond donors (Lipinski definition) is 0. The van der Waals surface area contributed by atoms with Gasteiger partial charge >= 0.3 is 0 Å². The summed E-state index contributed by atoms with van der Waals surface area (Å²) in [6.07, 6.45) is 2.87. The molecule has 1 aromatic heterocycles. The van der Waals surface area contributed by atoms with Crippen LogP contribution in [0.1, 0.15) is 0 Å². The van der Waals surface area contributed by atoms with Crippen LogP contribution < -0.4 is 4.74 Å². The van der Waals surface area contributed by atoms with Gasteiger partial charge in [-0.15, -0.1) is 0 Å². The number of benzene rings is 1. The molecule has 128 valence electrons. The summed E-state index contributed by atoms with van der Waals surface area (Å²) in [6, 6.07) is 9.09. The maximum atomic E-state index is 13.0. The summed E-state index contributed by atoms with van der Waals surface area (Å²) < 4.78 is 33.9. The number of nitrogens with zero attached hydrogens (tertiary/aromatic N) is 3. The number of sulfonamides is 1. The Hall–Kier alpha value is -1.48. The highest BCUT2D eigenvalue weighted by atomic mass is 79.9. The van der Waals surface area contributed by atoms with E-state index in [1.165, 1.54) is 16.7 Å². The monoisotopic (exact) mass is 411 g/mol. The lowest BCUT2D eigenvalue weighted by Gasteiger charge is -2.31. The van der Waals surface area contributed by atoms with Crippen molar-refractivity contribution in [1.82, 2.24) is 14.2 Å². The predicted octanol–water partition coefficient (Wildman–Crippen LogP) is 2.57. The fourth-order valence-electron chi connectivity index (χ4n) is 2.46. The second kappa shape index (κ2) is 7.18. The van der Waals surface area contributed by atoms with Crippen molar-refractivity contribution in [2.24, 2.45) is 0 Å². The van der Waals surface area contributed by atoms with Crippen LogP contribution in [0.5, 0.6) is 11.5 Å². The molecule has 1 saturated heterocycles. The molecule has 0 atom stereocenters. The molecular formula is C16H18BrN3O3S. The van der Waals surface area contributed by atoms with Gasteiger partial charge in [0.1, 0.15) is 10.6 Å². The molecule has 2 aromatic rings. The molecule has 0 spiro atoms. The molecule has 1 aromatic carbocycles. The lowest BCUT2D eigenvalue weighted by atomic mass is 10.3. The molecule has 1 fully saturated rings. The van der Waals surface area contributed by atoms with E-state index < -0.39 is 10.0 Å². The molecule has 8 heteroatoms. The van der Waals surface area contributed by atoms with Crippen LogP contribution in [-0.2, 0) is 10.0 Å². The van der Waals surface area contributed by atoms with Gasteiger partial charge in [0.05, 0.1) is 10.7 Å². The summed E-state index contributed by atoms with van der Waals surface area (Å²) >= 11 is 3.35. The molecule has 1 aliphatic rings. The Balaban J connectivity index is 1.97. The lowest BCUT2D eigenvalue weighted by molar-refractivity contribution is 0.222. The minimum absolute atomic E-state index is 0.0743. The van der Waals surface area contributed by atoms with Crippen molar-refractivity contribution in [1.29, 1.82) is 0 Å². The van der Waals surface area contributed by atoms with Gasteiger partial charge < -0.3 is 9.64 Å². The highest BCUT2D eigenvalue weighted by Crippen LogP contribution is 2.36. The molecule has 24 heavy (non-hydrogen) atoms. The summed E-state index contributed by atoms with van der Waals surface area (Å²) in [6.45, 7) is 2.32. The molecule has 0 amide bonds. The third kappa shape index (κ3) is 3.61. The Morgan fingerprint density at radius 3 is 2.42 bits per heavy atom. The summed E-state index contributed by atoms with van der Waals surface area (Å²) in [5.41, 5.74) is 0. The second-order valence-electron chi connectivity index (χ2n) is 5.57. The summed E-state index contributed by atoms with van der Waals surface area (Å²) in [4.78, 5) is 6.20. The lowest BCUT2D eigenvalue weighted by Crippen LogP contribution is -2.47. The van der Waals surface area contributed by atoms with E-state index in [1.807, 2.05) is 25.2 Å². The van der Waals surface area contributed by atoms with E-state index in [4.69, 9.17) is 4.74 Å². The van der Waals surface area contributed by atoms with Crippen molar-refractivity contribution < 1.29 is 13.2 Å². The zero-order valence-electron chi connectivity index (χ0n) is 13.2. The first-order chi connectivity index (χ1) is 11.5. The van der Waals surface area contributed by atoms with E-state index in [1.54, 1.807) is 12.1 Å². The van der Waals surface area contributed by atoms with Crippen LogP contribution in [0.4, 0.5) is 0 Å². The number of halogens is 1. The molecule has 6 nitrogen and oxygen atoms in total. The standard InChI is InChI=1S/C16H18BrN3O3S/c1-19-7-9-20(10-8-19)24(21,22)15-12-18-11-14(17)16(15)23-13-5-3-2-4-6-13/h2-6,11-12H,7-10H2,1H3. The first-order valence-corrected chi connectivity index (χ1v) is 9.77. The molecule has 0 bridgehead atoms. The maximum absolute atomic E-state index is 13.0. The number of likely N-dealkylation sites (N-methyl/N-ethyl adjacent to an activating group) is 1. The number of pyridine rings is 1. The zero-order chi connectivity index (χ0) is 17.2. The fraction of sp³-hybridized carbons (Fsp3) is 0.312. The largest absolute Gasteiger partial charge is 0.455 e. The number of piperazine rings is 1. The van der Waals surface area contributed by atoms with Crippen LogP contribution in [0.3, 0.4) is 0 Å². The molecule has 0 saturated carbocycles. The van der Waals surface area contributed by atoms with E-state index in [-0.39, 0.29) is 10.6 Å². The first kappa shape index (κ1) is 17.3. The van der Waals surface area contributed by atoms with E-state index >= 15 is 0 Å². The van der Waals surface area contributed by atoms with Crippen molar-refractivity contribution >= 4 is 26.0 Å². The van der Waals surface area contributed by atoms with E-state index in [9.17, 15) is 8.42 Å². The van der Waals surface area contributed by atoms with Gasteiger partial charge in [-0.25, -0.2) is 8.42 Å². The quantitative estimate of drug-likeness (QED) is 0.773. The van der Waals surface area contributed by atoms with Gasteiger partial charge in [-0.1, -0.05) is 18.2 Å². The van der Waals surface area contributed by atoms with Crippen molar-refractivity contribution in [3.05, 3.63) is 47.2 Å². The van der Waals surface area contributed by atoms with Gasteiger partial charge in [-0.3, -0.25) is 4.98 Å². The molecule has 0 aliphatic carbocycles. The average Bonchev–Trinajstić information content (AvgIpc) is 2.58. The molecular weight excluding hydrogens is 394 g/mol. The summed E-state index contributed by atoms with van der Waals surface area (Å²) in [5.74, 6) is 0.828. The molecule has 0 radical (unpaired) electrons. The van der Waals surface area contributed by atoms with E-state index in [0.717, 1.165) is 0 Å². The van der Waals surface area contributed by atoms with Crippen LogP contribution in [0.25, 0.3) is 0 Å². The zero-order valence-corrected chi connectivity index (χ0v) is 15.6. The van der Waals surface area contributed by atoms with Crippen LogP contribution in [0.15, 0.2) is 52.1 Å². The van der Waals surface area contributed by atoms with Gasteiger partial charge in [0.15, 0.2) is 5.75 Å². The summed E-state index contributed by atoms with van der Waals surface area (Å²) in [5, 5.41) is 0. The molecule has 1 aliphatic heterocycles. The third-order valence-electron chi connectivity index (χ3n) is 3.86. The maximum Gasteiger partial charge on any atom is 0.248 e.